The first kappa shape index (κ1) is 16.0. The molecule has 1 heteroatoms. The minimum absolute atomic E-state index is 0.492. The van der Waals surface area contributed by atoms with Gasteiger partial charge in [-0.2, -0.15) is 0 Å². The summed E-state index contributed by atoms with van der Waals surface area (Å²) in [5, 5.41) is 3.55. The minimum Gasteiger partial charge on any atom is -0.316 e. The summed E-state index contributed by atoms with van der Waals surface area (Å²) in [6.07, 6.45) is 2.77. The summed E-state index contributed by atoms with van der Waals surface area (Å²) in [7, 11) is 0. The van der Waals surface area contributed by atoms with E-state index in [2.05, 4.69) is 39.9 Å². The first-order valence-corrected chi connectivity index (χ1v) is 7.09. The SMILES string of the molecule is CC.CC(C)CC1CNCC1CC(C)(C)C. The Labute approximate surface area is 103 Å². The zero-order chi connectivity index (χ0) is 12.8. The summed E-state index contributed by atoms with van der Waals surface area (Å²) in [5.74, 6) is 2.69. The van der Waals surface area contributed by atoms with Crippen molar-refractivity contribution in [2.45, 2.75) is 61.3 Å². The van der Waals surface area contributed by atoms with Crippen LogP contribution in [0.1, 0.15) is 61.3 Å². The normalized spacial score (nSPS) is 25.5. The highest BCUT2D eigenvalue weighted by Crippen LogP contribution is 2.33. The van der Waals surface area contributed by atoms with E-state index in [1.807, 2.05) is 13.8 Å². The van der Waals surface area contributed by atoms with Gasteiger partial charge in [-0.25, -0.2) is 0 Å². The Balaban J connectivity index is 0.00000106. The van der Waals surface area contributed by atoms with Crippen LogP contribution in [0, 0.1) is 23.2 Å². The number of rotatable bonds is 3. The van der Waals surface area contributed by atoms with E-state index >= 15 is 0 Å². The van der Waals surface area contributed by atoms with Gasteiger partial charge in [0.25, 0.3) is 0 Å². The standard InChI is InChI=1S/C13H27N.C2H6/c1-10(2)6-11-8-14-9-12(11)7-13(3,4)5;1-2/h10-12,14H,6-9H2,1-5H3;1-2H3. The predicted octanol–water partition coefficient (Wildman–Crippen LogP) is 4.33. The van der Waals surface area contributed by atoms with E-state index in [0.717, 1.165) is 17.8 Å². The number of hydrogen-bond donors (Lipinski definition) is 1. The van der Waals surface area contributed by atoms with E-state index in [1.165, 1.54) is 25.9 Å². The first-order chi connectivity index (χ1) is 7.38. The van der Waals surface area contributed by atoms with Gasteiger partial charge in [0.05, 0.1) is 0 Å². The van der Waals surface area contributed by atoms with Crippen LogP contribution in [0.4, 0.5) is 0 Å². The second-order valence-corrected chi connectivity index (χ2v) is 6.57. The molecule has 1 aliphatic heterocycles. The van der Waals surface area contributed by atoms with Crippen LogP contribution in [0.5, 0.6) is 0 Å². The van der Waals surface area contributed by atoms with Crippen molar-refractivity contribution in [3.05, 3.63) is 0 Å². The lowest BCUT2D eigenvalue weighted by molar-refractivity contribution is 0.242. The first-order valence-electron chi connectivity index (χ1n) is 7.09. The summed E-state index contributed by atoms with van der Waals surface area (Å²) in [4.78, 5) is 0. The Bertz CT molecular complexity index is 167. The molecular formula is C15H33N. The van der Waals surface area contributed by atoms with Crippen molar-refractivity contribution in [1.29, 1.82) is 0 Å². The summed E-state index contributed by atoms with van der Waals surface area (Å²) in [5.41, 5.74) is 0.492. The zero-order valence-corrected chi connectivity index (χ0v) is 12.6. The highest BCUT2D eigenvalue weighted by molar-refractivity contribution is 4.84. The fourth-order valence-corrected chi connectivity index (χ4v) is 2.69. The van der Waals surface area contributed by atoms with Gasteiger partial charge in [-0.1, -0.05) is 48.5 Å². The van der Waals surface area contributed by atoms with Gasteiger partial charge in [-0.3, -0.25) is 0 Å². The summed E-state index contributed by atoms with van der Waals surface area (Å²) in [6, 6.07) is 0. The van der Waals surface area contributed by atoms with E-state index < -0.39 is 0 Å². The van der Waals surface area contributed by atoms with E-state index in [4.69, 9.17) is 0 Å². The molecule has 0 saturated carbocycles. The lowest BCUT2D eigenvalue weighted by Gasteiger charge is -2.27. The number of hydrogen-bond acceptors (Lipinski definition) is 1. The maximum Gasteiger partial charge on any atom is -0.00171 e. The van der Waals surface area contributed by atoms with Crippen molar-refractivity contribution in [1.82, 2.24) is 5.32 Å². The average molecular weight is 227 g/mol. The van der Waals surface area contributed by atoms with Crippen molar-refractivity contribution >= 4 is 0 Å². The lowest BCUT2D eigenvalue weighted by Crippen LogP contribution is -2.21. The molecule has 0 bridgehead atoms. The van der Waals surface area contributed by atoms with Gasteiger partial charge < -0.3 is 5.32 Å². The highest BCUT2D eigenvalue weighted by Gasteiger charge is 2.30. The van der Waals surface area contributed by atoms with Crippen LogP contribution in [-0.4, -0.2) is 13.1 Å². The molecule has 1 saturated heterocycles. The summed E-state index contributed by atoms with van der Waals surface area (Å²) < 4.78 is 0. The van der Waals surface area contributed by atoms with Crippen LogP contribution in [-0.2, 0) is 0 Å². The van der Waals surface area contributed by atoms with Crippen LogP contribution in [0.15, 0.2) is 0 Å². The Morgan fingerprint density at radius 1 is 1.06 bits per heavy atom. The van der Waals surface area contributed by atoms with Crippen LogP contribution in [0.2, 0.25) is 0 Å². The highest BCUT2D eigenvalue weighted by atomic mass is 14.9. The third-order valence-electron chi connectivity index (χ3n) is 3.13. The van der Waals surface area contributed by atoms with Crippen molar-refractivity contribution < 1.29 is 0 Å². The number of nitrogens with one attached hydrogen (secondary N) is 1. The third-order valence-corrected chi connectivity index (χ3v) is 3.13. The lowest BCUT2D eigenvalue weighted by atomic mass is 9.78. The molecule has 1 rings (SSSR count). The molecule has 1 nitrogen and oxygen atoms in total. The van der Waals surface area contributed by atoms with E-state index in [-0.39, 0.29) is 0 Å². The van der Waals surface area contributed by atoms with Gasteiger partial charge in [-0.05, 0) is 49.1 Å². The molecule has 0 aromatic carbocycles. The molecule has 0 spiro atoms. The maximum atomic E-state index is 3.55. The van der Waals surface area contributed by atoms with Crippen molar-refractivity contribution in [3.63, 3.8) is 0 Å². The molecular weight excluding hydrogens is 194 g/mol. The smallest absolute Gasteiger partial charge is 0.00171 e. The Morgan fingerprint density at radius 3 is 2.00 bits per heavy atom. The van der Waals surface area contributed by atoms with Gasteiger partial charge in [-0.15, -0.1) is 0 Å². The molecule has 1 N–H and O–H groups in total. The molecule has 0 aromatic rings. The van der Waals surface area contributed by atoms with Crippen LogP contribution in [0.3, 0.4) is 0 Å². The van der Waals surface area contributed by atoms with Crippen molar-refractivity contribution in [2.24, 2.45) is 23.2 Å². The fraction of sp³-hybridized carbons (Fsp3) is 1.00. The molecule has 98 valence electrons. The van der Waals surface area contributed by atoms with Gasteiger partial charge in [0.15, 0.2) is 0 Å². The molecule has 0 aliphatic carbocycles. The predicted molar refractivity (Wildman–Crippen MR) is 74.7 cm³/mol. The van der Waals surface area contributed by atoms with Crippen LogP contribution < -0.4 is 5.32 Å². The zero-order valence-electron chi connectivity index (χ0n) is 12.6. The molecule has 2 unspecified atom stereocenters. The molecule has 0 aromatic heterocycles. The summed E-state index contributed by atoms with van der Waals surface area (Å²) in [6.45, 7) is 18.2. The van der Waals surface area contributed by atoms with Gasteiger partial charge >= 0.3 is 0 Å². The van der Waals surface area contributed by atoms with E-state index in [1.54, 1.807) is 0 Å². The molecule has 2 atom stereocenters. The third kappa shape index (κ3) is 6.52. The quantitative estimate of drug-likeness (QED) is 0.756. The molecule has 0 amide bonds. The van der Waals surface area contributed by atoms with Crippen LogP contribution in [0.25, 0.3) is 0 Å². The molecule has 16 heavy (non-hydrogen) atoms. The second-order valence-electron chi connectivity index (χ2n) is 6.57. The molecule has 1 aliphatic rings. The van der Waals surface area contributed by atoms with Crippen molar-refractivity contribution in [2.75, 3.05) is 13.1 Å². The average Bonchev–Trinajstić information content (AvgIpc) is 2.52. The largest absolute Gasteiger partial charge is 0.316 e. The Morgan fingerprint density at radius 2 is 1.56 bits per heavy atom. The van der Waals surface area contributed by atoms with Gasteiger partial charge in [0.1, 0.15) is 0 Å². The van der Waals surface area contributed by atoms with Crippen molar-refractivity contribution in [3.8, 4) is 0 Å². The van der Waals surface area contributed by atoms with Gasteiger partial charge in [0.2, 0.25) is 0 Å². The Kier molecular flexibility index (Phi) is 7.30. The van der Waals surface area contributed by atoms with Crippen LogP contribution >= 0.6 is 0 Å². The molecule has 1 heterocycles. The van der Waals surface area contributed by atoms with Gasteiger partial charge in [0, 0.05) is 0 Å². The molecule has 0 radical (unpaired) electrons. The monoisotopic (exact) mass is 227 g/mol. The minimum atomic E-state index is 0.492. The second kappa shape index (κ2) is 7.32. The summed E-state index contributed by atoms with van der Waals surface area (Å²) >= 11 is 0. The Hall–Kier alpha value is -0.0400. The maximum absolute atomic E-state index is 3.55. The molecule has 1 fully saturated rings. The van der Waals surface area contributed by atoms with E-state index in [0.29, 0.717) is 5.41 Å². The van der Waals surface area contributed by atoms with E-state index in [9.17, 15) is 0 Å². The topological polar surface area (TPSA) is 12.0 Å². The fourth-order valence-electron chi connectivity index (χ4n) is 2.69.